The number of rotatable bonds is 2. The minimum absolute atomic E-state index is 0.235. The van der Waals surface area contributed by atoms with E-state index in [1.165, 1.54) is 29.8 Å². The molecule has 2 heterocycles. The van der Waals surface area contributed by atoms with Gasteiger partial charge in [-0.25, -0.2) is 9.78 Å². The second-order valence-electron chi connectivity index (χ2n) is 4.75. The fourth-order valence-corrected chi connectivity index (χ4v) is 3.27. The van der Waals surface area contributed by atoms with Crippen LogP contribution in [0.1, 0.15) is 34.5 Å². The second-order valence-corrected chi connectivity index (χ2v) is 5.51. The molecule has 0 bridgehead atoms. The molecule has 1 atom stereocenters. The van der Waals surface area contributed by atoms with E-state index in [1.807, 2.05) is 18.2 Å². The predicted octanol–water partition coefficient (Wildman–Crippen LogP) is 2.45. The summed E-state index contributed by atoms with van der Waals surface area (Å²) < 4.78 is 8.83. The van der Waals surface area contributed by atoms with Crippen molar-refractivity contribution < 1.29 is 9.53 Å². The Morgan fingerprint density at radius 1 is 1.50 bits per heavy atom. The van der Waals surface area contributed by atoms with Gasteiger partial charge < -0.3 is 9.64 Å². The summed E-state index contributed by atoms with van der Waals surface area (Å²) in [5.74, 6) is -0.285. The highest BCUT2D eigenvalue weighted by Crippen LogP contribution is 2.34. The number of ether oxygens (including phenoxy) is 1. The third-order valence-electron chi connectivity index (χ3n) is 3.70. The first kappa shape index (κ1) is 13.1. The molecule has 5 nitrogen and oxygen atoms in total. The zero-order chi connectivity index (χ0) is 14.1. The fraction of sp³-hybridized carbons (Fsp3) is 0.357. The average molecular weight is 289 g/mol. The van der Waals surface area contributed by atoms with Crippen molar-refractivity contribution in [2.75, 3.05) is 18.6 Å². The van der Waals surface area contributed by atoms with Gasteiger partial charge in [-0.05, 0) is 36.6 Å². The SMILES string of the molecule is COC(=O)c1ccc2c(c1)CCN(c1ncns1)C2C. The van der Waals surface area contributed by atoms with Gasteiger partial charge in [0.25, 0.3) is 0 Å². The molecule has 0 fully saturated rings. The Labute approximate surface area is 121 Å². The van der Waals surface area contributed by atoms with Crippen LogP contribution in [0.2, 0.25) is 0 Å². The quantitative estimate of drug-likeness (QED) is 0.795. The van der Waals surface area contributed by atoms with E-state index in [2.05, 4.69) is 21.2 Å². The third-order valence-corrected chi connectivity index (χ3v) is 4.40. The molecule has 20 heavy (non-hydrogen) atoms. The highest BCUT2D eigenvalue weighted by Gasteiger charge is 2.26. The molecule has 0 spiro atoms. The molecule has 1 unspecified atom stereocenters. The predicted molar refractivity (Wildman–Crippen MR) is 77.2 cm³/mol. The number of esters is 1. The fourth-order valence-electron chi connectivity index (χ4n) is 2.63. The van der Waals surface area contributed by atoms with E-state index in [4.69, 9.17) is 4.74 Å². The van der Waals surface area contributed by atoms with Crippen molar-refractivity contribution in [2.24, 2.45) is 0 Å². The lowest BCUT2D eigenvalue weighted by Crippen LogP contribution is -2.34. The molecule has 6 heteroatoms. The molecule has 1 aliphatic rings. The molecule has 0 amide bonds. The van der Waals surface area contributed by atoms with E-state index < -0.39 is 0 Å². The molecule has 0 N–H and O–H groups in total. The normalized spacial score (nSPS) is 17.7. The van der Waals surface area contributed by atoms with Crippen LogP contribution < -0.4 is 4.90 Å². The van der Waals surface area contributed by atoms with E-state index in [1.54, 1.807) is 6.33 Å². The molecular formula is C14H15N3O2S. The molecule has 2 aromatic rings. The summed E-state index contributed by atoms with van der Waals surface area (Å²) in [6, 6.07) is 6.01. The first-order chi connectivity index (χ1) is 9.70. The lowest BCUT2D eigenvalue weighted by Gasteiger charge is -2.34. The second kappa shape index (κ2) is 5.20. The zero-order valence-corrected chi connectivity index (χ0v) is 12.2. The Morgan fingerprint density at radius 3 is 3.05 bits per heavy atom. The molecule has 1 aliphatic heterocycles. The van der Waals surface area contributed by atoms with Crippen molar-refractivity contribution in [1.82, 2.24) is 9.36 Å². The summed E-state index contributed by atoms with van der Waals surface area (Å²) in [5, 5.41) is 0.945. The summed E-state index contributed by atoms with van der Waals surface area (Å²) in [6.45, 7) is 3.03. The van der Waals surface area contributed by atoms with Crippen LogP contribution in [-0.4, -0.2) is 29.0 Å². The number of carbonyl (C=O) groups is 1. The Bertz CT molecular complexity index is 627. The van der Waals surface area contributed by atoms with E-state index in [-0.39, 0.29) is 12.0 Å². The van der Waals surface area contributed by atoms with Crippen LogP contribution in [0.15, 0.2) is 24.5 Å². The van der Waals surface area contributed by atoms with Gasteiger partial charge in [0.2, 0.25) is 5.13 Å². The number of fused-ring (bicyclic) bond motifs is 1. The van der Waals surface area contributed by atoms with Crippen molar-refractivity contribution in [1.29, 1.82) is 0 Å². The maximum absolute atomic E-state index is 11.6. The van der Waals surface area contributed by atoms with Gasteiger partial charge in [-0.2, -0.15) is 4.37 Å². The number of aromatic nitrogens is 2. The molecule has 0 aliphatic carbocycles. The summed E-state index contributed by atoms with van der Waals surface area (Å²) in [5.41, 5.74) is 3.06. The van der Waals surface area contributed by atoms with Crippen LogP contribution in [0.4, 0.5) is 5.13 Å². The standard InChI is InChI=1S/C14H15N3O2S/c1-9-12-4-3-11(13(18)19-2)7-10(12)5-6-17(9)14-15-8-16-20-14/h3-4,7-9H,5-6H2,1-2H3. The first-order valence-electron chi connectivity index (χ1n) is 6.45. The van der Waals surface area contributed by atoms with Crippen molar-refractivity contribution in [3.63, 3.8) is 0 Å². The first-order valence-corrected chi connectivity index (χ1v) is 7.22. The molecule has 3 rings (SSSR count). The Morgan fingerprint density at radius 2 is 2.35 bits per heavy atom. The molecule has 0 saturated carbocycles. The van der Waals surface area contributed by atoms with Gasteiger partial charge in [-0.1, -0.05) is 6.07 Å². The van der Waals surface area contributed by atoms with Crippen LogP contribution in [0.3, 0.4) is 0 Å². The molecule has 0 saturated heterocycles. The Balaban J connectivity index is 1.93. The Kier molecular flexibility index (Phi) is 3.40. The maximum Gasteiger partial charge on any atom is 0.337 e. The van der Waals surface area contributed by atoms with Gasteiger partial charge in [0.1, 0.15) is 6.33 Å². The highest BCUT2D eigenvalue weighted by atomic mass is 32.1. The summed E-state index contributed by atoms with van der Waals surface area (Å²) in [6.07, 6.45) is 2.48. The largest absolute Gasteiger partial charge is 0.465 e. The highest BCUT2D eigenvalue weighted by molar-refractivity contribution is 7.09. The Hall–Kier alpha value is -1.95. The minimum Gasteiger partial charge on any atom is -0.465 e. The van der Waals surface area contributed by atoms with E-state index in [0.717, 1.165) is 18.1 Å². The summed E-state index contributed by atoms with van der Waals surface area (Å²) >= 11 is 1.41. The third kappa shape index (κ3) is 2.16. The van der Waals surface area contributed by atoms with Crippen LogP contribution in [0.5, 0.6) is 0 Å². The number of hydrogen-bond donors (Lipinski definition) is 0. The van der Waals surface area contributed by atoms with E-state index >= 15 is 0 Å². The summed E-state index contributed by atoms with van der Waals surface area (Å²) in [7, 11) is 1.40. The van der Waals surface area contributed by atoms with Crippen molar-refractivity contribution >= 4 is 22.6 Å². The molecule has 1 aromatic carbocycles. The number of hydrogen-bond acceptors (Lipinski definition) is 6. The van der Waals surface area contributed by atoms with Crippen LogP contribution >= 0.6 is 11.5 Å². The lowest BCUT2D eigenvalue weighted by molar-refractivity contribution is 0.0600. The number of benzene rings is 1. The van der Waals surface area contributed by atoms with Crippen molar-refractivity contribution in [2.45, 2.75) is 19.4 Å². The molecular weight excluding hydrogens is 274 g/mol. The number of nitrogens with zero attached hydrogens (tertiary/aromatic N) is 3. The van der Waals surface area contributed by atoms with Gasteiger partial charge in [0.05, 0.1) is 18.7 Å². The number of methoxy groups -OCH3 is 1. The smallest absolute Gasteiger partial charge is 0.337 e. The van der Waals surface area contributed by atoms with Gasteiger partial charge >= 0.3 is 5.97 Å². The monoisotopic (exact) mass is 289 g/mol. The molecule has 1 aromatic heterocycles. The molecule has 104 valence electrons. The average Bonchev–Trinajstić information content (AvgIpc) is 3.00. The minimum atomic E-state index is -0.285. The lowest BCUT2D eigenvalue weighted by atomic mass is 9.92. The maximum atomic E-state index is 11.6. The van der Waals surface area contributed by atoms with Crippen molar-refractivity contribution in [3.05, 3.63) is 41.2 Å². The van der Waals surface area contributed by atoms with Crippen LogP contribution in [0, 0.1) is 0 Å². The van der Waals surface area contributed by atoms with Crippen molar-refractivity contribution in [3.8, 4) is 0 Å². The number of carbonyl (C=O) groups excluding carboxylic acids is 1. The van der Waals surface area contributed by atoms with Crippen LogP contribution in [-0.2, 0) is 11.2 Å². The molecule has 0 radical (unpaired) electrons. The van der Waals surface area contributed by atoms with Gasteiger partial charge in [-0.15, -0.1) is 0 Å². The number of anilines is 1. The zero-order valence-electron chi connectivity index (χ0n) is 11.4. The van der Waals surface area contributed by atoms with Gasteiger partial charge in [-0.3, -0.25) is 0 Å². The summed E-state index contributed by atoms with van der Waals surface area (Å²) in [4.78, 5) is 18.1. The van der Waals surface area contributed by atoms with E-state index in [0.29, 0.717) is 5.56 Å². The van der Waals surface area contributed by atoms with Gasteiger partial charge in [0.15, 0.2) is 0 Å². The van der Waals surface area contributed by atoms with E-state index in [9.17, 15) is 4.79 Å². The van der Waals surface area contributed by atoms with Crippen LogP contribution in [0.25, 0.3) is 0 Å². The van der Waals surface area contributed by atoms with Gasteiger partial charge in [0, 0.05) is 18.1 Å². The topological polar surface area (TPSA) is 55.3 Å².